The summed E-state index contributed by atoms with van der Waals surface area (Å²) in [5, 5.41) is 14.4. The number of amidine groups is 1. The van der Waals surface area contributed by atoms with Crippen molar-refractivity contribution >= 4 is 17.4 Å². The molecule has 1 atom stereocenters. The van der Waals surface area contributed by atoms with Crippen molar-refractivity contribution in [1.82, 2.24) is 0 Å². The van der Waals surface area contributed by atoms with Crippen molar-refractivity contribution in [2.24, 2.45) is 16.3 Å². The van der Waals surface area contributed by atoms with Gasteiger partial charge in [-0.3, -0.25) is 4.79 Å². The molecule has 0 aliphatic heterocycles. The molecule has 0 aliphatic rings. The van der Waals surface area contributed by atoms with E-state index in [1.54, 1.807) is 32.0 Å². The van der Waals surface area contributed by atoms with Crippen molar-refractivity contribution in [1.29, 1.82) is 0 Å². The van der Waals surface area contributed by atoms with E-state index in [1.165, 1.54) is 0 Å². The molecule has 116 valence electrons. The lowest BCUT2D eigenvalue weighted by atomic mass is 9.91. The highest BCUT2D eigenvalue weighted by molar-refractivity contribution is 6.11. The van der Waals surface area contributed by atoms with Crippen LogP contribution in [0.5, 0.6) is 5.75 Å². The number of hydrogen-bond donors (Lipinski definition) is 3. The second-order valence-corrected chi connectivity index (χ2v) is 5.43. The number of ether oxygens (including phenoxy) is 1. The minimum atomic E-state index is -1.11. The summed E-state index contributed by atoms with van der Waals surface area (Å²) in [4.78, 5) is 12.2. The minimum Gasteiger partial charge on any atom is -0.491 e. The fourth-order valence-corrected chi connectivity index (χ4v) is 1.49. The number of nitrogens with zero attached hydrogens (tertiary/aromatic N) is 1. The van der Waals surface area contributed by atoms with Crippen LogP contribution in [0.4, 0.5) is 5.69 Å². The molecule has 0 spiro atoms. The van der Waals surface area contributed by atoms with E-state index in [2.05, 4.69) is 10.5 Å². The summed E-state index contributed by atoms with van der Waals surface area (Å²) in [6, 6.07) is 7.12. The molecule has 0 aliphatic carbocycles. The molecule has 0 bridgehead atoms. The zero-order valence-corrected chi connectivity index (χ0v) is 12.9. The standard InChI is InChI=1S/C15H23N3O3/c1-5-10(2)21-12-8-6-7-11(9-12)17-14(19)15(3,4)13(16)18-20/h6-10,20H,5H2,1-4H3,(H2,16,18)(H,17,19). The van der Waals surface area contributed by atoms with Crippen LogP contribution in [0.15, 0.2) is 29.4 Å². The third-order valence-corrected chi connectivity index (χ3v) is 3.32. The number of benzene rings is 1. The second-order valence-electron chi connectivity index (χ2n) is 5.43. The van der Waals surface area contributed by atoms with Crippen molar-refractivity contribution in [3.05, 3.63) is 24.3 Å². The van der Waals surface area contributed by atoms with Gasteiger partial charge in [0.2, 0.25) is 5.91 Å². The molecule has 1 aromatic rings. The maximum atomic E-state index is 12.2. The summed E-state index contributed by atoms with van der Waals surface area (Å²) >= 11 is 0. The summed E-state index contributed by atoms with van der Waals surface area (Å²) in [7, 11) is 0. The van der Waals surface area contributed by atoms with Crippen LogP contribution in [0.3, 0.4) is 0 Å². The molecule has 6 nitrogen and oxygen atoms in total. The third kappa shape index (κ3) is 4.37. The first-order chi connectivity index (χ1) is 9.81. The highest BCUT2D eigenvalue weighted by atomic mass is 16.5. The van der Waals surface area contributed by atoms with Crippen LogP contribution in [0.1, 0.15) is 34.1 Å². The Labute approximate surface area is 125 Å². The van der Waals surface area contributed by atoms with E-state index >= 15 is 0 Å². The fraction of sp³-hybridized carbons (Fsp3) is 0.467. The number of nitrogens with two attached hydrogens (primary N) is 1. The van der Waals surface area contributed by atoms with Gasteiger partial charge >= 0.3 is 0 Å². The molecule has 21 heavy (non-hydrogen) atoms. The van der Waals surface area contributed by atoms with E-state index in [9.17, 15) is 4.79 Å². The van der Waals surface area contributed by atoms with Gasteiger partial charge in [0.05, 0.1) is 6.10 Å². The molecule has 1 rings (SSSR count). The van der Waals surface area contributed by atoms with Gasteiger partial charge in [-0.15, -0.1) is 0 Å². The molecule has 1 amide bonds. The third-order valence-electron chi connectivity index (χ3n) is 3.32. The average molecular weight is 293 g/mol. The molecule has 0 saturated carbocycles. The van der Waals surface area contributed by atoms with E-state index in [0.29, 0.717) is 11.4 Å². The Bertz CT molecular complexity index is 527. The van der Waals surface area contributed by atoms with Gasteiger partial charge in [0.25, 0.3) is 0 Å². The summed E-state index contributed by atoms with van der Waals surface area (Å²) in [6.07, 6.45) is 0.997. The predicted molar refractivity (Wildman–Crippen MR) is 82.6 cm³/mol. The number of carbonyl (C=O) groups excluding carboxylic acids is 1. The highest BCUT2D eigenvalue weighted by Crippen LogP contribution is 2.22. The number of hydrogen-bond acceptors (Lipinski definition) is 4. The second kappa shape index (κ2) is 6.97. The van der Waals surface area contributed by atoms with Crippen LogP contribution in [0.25, 0.3) is 0 Å². The number of rotatable bonds is 6. The molecule has 1 unspecified atom stereocenters. The van der Waals surface area contributed by atoms with Crippen molar-refractivity contribution in [3.63, 3.8) is 0 Å². The van der Waals surface area contributed by atoms with Crippen LogP contribution in [0.2, 0.25) is 0 Å². The first-order valence-electron chi connectivity index (χ1n) is 6.87. The van der Waals surface area contributed by atoms with E-state index in [-0.39, 0.29) is 17.8 Å². The monoisotopic (exact) mass is 293 g/mol. The summed E-state index contributed by atoms with van der Waals surface area (Å²) in [6.45, 7) is 7.18. The zero-order chi connectivity index (χ0) is 16.0. The van der Waals surface area contributed by atoms with Gasteiger partial charge in [0, 0.05) is 11.8 Å². The van der Waals surface area contributed by atoms with E-state index in [0.717, 1.165) is 6.42 Å². The number of carbonyl (C=O) groups is 1. The Morgan fingerprint density at radius 1 is 1.52 bits per heavy atom. The smallest absolute Gasteiger partial charge is 0.237 e. The van der Waals surface area contributed by atoms with Gasteiger partial charge in [-0.2, -0.15) is 0 Å². The lowest BCUT2D eigenvalue weighted by molar-refractivity contribution is -0.121. The van der Waals surface area contributed by atoms with Gasteiger partial charge in [0.1, 0.15) is 11.2 Å². The molecule has 1 aromatic carbocycles. The molecule has 0 heterocycles. The Hall–Kier alpha value is -2.24. The fourth-order valence-electron chi connectivity index (χ4n) is 1.49. The largest absolute Gasteiger partial charge is 0.491 e. The van der Waals surface area contributed by atoms with Crippen molar-refractivity contribution in [3.8, 4) is 5.75 Å². The van der Waals surface area contributed by atoms with E-state index < -0.39 is 5.41 Å². The average Bonchev–Trinajstić information content (AvgIpc) is 2.46. The molecule has 0 fully saturated rings. The van der Waals surface area contributed by atoms with Gasteiger partial charge < -0.3 is 21.0 Å². The minimum absolute atomic E-state index is 0.101. The Balaban J connectivity index is 2.84. The van der Waals surface area contributed by atoms with Gasteiger partial charge in [0.15, 0.2) is 5.84 Å². The molecular weight excluding hydrogens is 270 g/mol. The lowest BCUT2D eigenvalue weighted by Gasteiger charge is -2.22. The van der Waals surface area contributed by atoms with Crippen LogP contribution in [-0.2, 0) is 4.79 Å². The maximum Gasteiger partial charge on any atom is 0.237 e. The highest BCUT2D eigenvalue weighted by Gasteiger charge is 2.32. The summed E-state index contributed by atoms with van der Waals surface area (Å²) < 4.78 is 5.70. The summed E-state index contributed by atoms with van der Waals surface area (Å²) in [5.74, 6) is 0.175. The number of oxime groups is 1. The number of nitrogens with one attached hydrogen (secondary N) is 1. The predicted octanol–water partition coefficient (Wildman–Crippen LogP) is 2.58. The van der Waals surface area contributed by atoms with Crippen molar-refractivity contribution < 1.29 is 14.7 Å². The Morgan fingerprint density at radius 2 is 2.19 bits per heavy atom. The number of anilines is 1. The van der Waals surface area contributed by atoms with Gasteiger partial charge in [-0.05, 0) is 39.3 Å². The molecule has 6 heteroatoms. The normalized spacial score (nSPS) is 13.6. The molecular formula is C15H23N3O3. The van der Waals surface area contributed by atoms with Crippen LogP contribution >= 0.6 is 0 Å². The Morgan fingerprint density at radius 3 is 2.76 bits per heavy atom. The quantitative estimate of drug-likeness (QED) is 0.325. The van der Waals surface area contributed by atoms with Gasteiger partial charge in [-0.25, -0.2) is 0 Å². The van der Waals surface area contributed by atoms with E-state index in [1.807, 2.05) is 19.9 Å². The molecule has 0 radical (unpaired) electrons. The van der Waals surface area contributed by atoms with Crippen LogP contribution in [0, 0.1) is 5.41 Å². The first-order valence-corrected chi connectivity index (χ1v) is 6.87. The summed E-state index contributed by atoms with van der Waals surface area (Å²) in [5.41, 5.74) is 5.02. The number of amides is 1. The topological polar surface area (TPSA) is 96.9 Å². The SMILES string of the molecule is CCC(C)Oc1cccc(NC(=O)C(C)(C)C(N)=NO)c1. The van der Waals surface area contributed by atoms with Gasteiger partial charge in [-0.1, -0.05) is 18.1 Å². The maximum absolute atomic E-state index is 12.2. The van der Waals surface area contributed by atoms with Crippen molar-refractivity contribution in [2.75, 3.05) is 5.32 Å². The zero-order valence-electron chi connectivity index (χ0n) is 12.9. The van der Waals surface area contributed by atoms with Crippen molar-refractivity contribution in [2.45, 2.75) is 40.2 Å². The molecule has 0 saturated heterocycles. The molecule has 0 aromatic heterocycles. The van der Waals surface area contributed by atoms with Crippen LogP contribution in [-0.4, -0.2) is 23.1 Å². The lowest BCUT2D eigenvalue weighted by Crippen LogP contribution is -2.42. The van der Waals surface area contributed by atoms with E-state index in [4.69, 9.17) is 15.7 Å². The Kier molecular flexibility index (Phi) is 5.58. The molecule has 4 N–H and O–H groups in total. The first kappa shape index (κ1) is 16.8. The van der Waals surface area contributed by atoms with Crippen LogP contribution < -0.4 is 15.8 Å².